The molecule has 0 spiro atoms. The van der Waals surface area contributed by atoms with Crippen molar-refractivity contribution in [1.82, 2.24) is 14.9 Å². The molecule has 0 aliphatic heterocycles. The minimum absolute atomic E-state index is 0.161. The van der Waals surface area contributed by atoms with Crippen LogP contribution in [0, 0.1) is 16.0 Å². The van der Waals surface area contributed by atoms with Gasteiger partial charge in [0.15, 0.2) is 0 Å². The lowest BCUT2D eigenvalue weighted by molar-refractivity contribution is -0.384. The number of carbonyl (C=O) groups excluding carboxylic acids is 1. The van der Waals surface area contributed by atoms with Gasteiger partial charge < -0.3 is 15.0 Å². The van der Waals surface area contributed by atoms with Gasteiger partial charge in [-0.15, -0.1) is 0 Å². The first-order valence-corrected chi connectivity index (χ1v) is 7.76. The number of hydrogen-bond acceptors (Lipinski definition) is 5. The van der Waals surface area contributed by atoms with E-state index >= 15 is 0 Å². The van der Waals surface area contributed by atoms with E-state index in [0.29, 0.717) is 24.9 Å². The second kappa shape index (κ2) is 6.71. The number of carbonyl (C=O) groups is 2. The molecule has 25 heavy (non-hydrogen) atoms. The van der Waals surface area contributed by atoms with Crippen molar-refractivity contribution >= 4 is 17.6 Å². The van der Waals surface area contributed by atoms with Crippen LogP contribution < -0.4 is 5.32 Å². The highest BCUT2D eigenvalue weighted by Crippen LogP contribution is 2.27. The average Bonchev–Trinajstić information content (AvgIpc) is 3.26. The van der Waals surface area contributed by atoms with Gasteiger partial charge in [-0.3, -0.25) is 19.7 Å². The van der Waals surface area contributed by atoms with Crippen molar-refractivity contribution in [3.05, 3.63) is 52.6 Å². The molecule has 1 aliphatic rings. The molecule has 1 aliphatic carbocycles. The molecule has 1 aromatic carbocycles. The zero-order chi connectivity index (χ0) is 18.0. The van der Waals surface area contributed by atoms with Gasteiger partial charge in [0.05, 0.1) is 17.2 Å². The van der Waals surface area contributed by atoms with Gasteiger partial charge in [-0.05, 0) is 31.4 Å². The molecule has 0 bridgehead atoms. The molecule has 130 valence electrons. The molecule has 3 rings (SSSR count). The Bertz CT molecular complexity index is 818. The smallest absolute Gasteiger partial charge is 0.306 e. The first kappa shape index (κ1) is 16.6. The number of nitro groups is 1. The maximum atomic E-state index is 12.3. The number of rotatable bonds is 5. The third-order valence-electron chi connectivity index (χ3n) is 4.33. The molecule has 1 aromatic heterocycles. The Balaban J connectivity index is 1.78. The van der Waals surface area contributed by atoms with Crippen LogP contribution in [0.4, 0.5) is 5.69 Å². The molecule has 0 saturated heterocycles. The van der Waals surface area contributed by atoms with Crippen molar-refractivity contribution in [2.24, 2.45) is 5.92 Å². The number of benzene rings is 1. The van der Waals surface area contributed by atoms with Crippen LogP contribution in [-0.2, 0) is 4.79 Å². The number of aromatic nitrogens is 2. The molecule has 9 heteroatoms. The number of nitro benzene ring substituents is 1. The lowest BCUT2D eigenvalue weighted by Gasteiger charge is -2.13. The van der Waals surface area contributed by atoms with E-state index in [1.165, 1.54) is 35.3 Å². The number of aliphatic carboxylic acids is 1. The second-order valence-corrected chi connectivity index (χ2v) is 5.95. The first-order valence-electron chi connectivity index (χ1n) is 7.76. The number of hydrogen-bond donors (Lipinski definition) is 2. The Hall–Kier alpha value is -3.23. The summed E-state index contributed by atoms with van der Waals surface area (Å²) in [5.74, 6) is -1.77. The van der Waals surface area contributed by atoms with Crippen molar-refractivity contribution in [1.29, 1.82) is 0 Å². The zero-order valence-electron chi connectivity index (χ0n) is 13.2. The van der Waals surface area contributed by atoms with Crippen molar-refractivity contribution < 1.29 is 19.6 Å². The van der Waals surface area contributed by atoms with Crippen LogP contribution in [0.15, 0.2) is 36.9 Å². The van der Waals surface area contributed by atoms with Crippen LogP contribution in [0.2, 0.25) is 0 Å². The summed E-state index contributed by atoms with van der Waals surface area (Å²) in [7, 11) is 0. The van der Waals surface area contributed by atoms with E-state index in [9.17, 15) is 19.7 Å². The van der Waals surface area contributed by atoms with E-state index in [2.05, 4.69) is 10.3 Å². The fourth-order valence-corrected chi connectivity index (χ4v) is 3.04. The Morgan fingerprint density at radius 2 is 2.16 bits per heavy atom. The van der Waals surface area contributed by atoms with Crippen molar-refractivity contribution in [3.63, 3.8) is 0 Å². The third kappa shape index (κ3) is 3.49. The number of nitrogens with zero attached hydrogens (tertiary/aromatic N) is 3. The summed E-state index contributed by atoms with van der Waals surface area (Å²) >= 11 is 0. The Labute approximate surface area is 142 Å². The van der Waals surface area contributed by atoms with Crippen molar-refractivity contribution in [2.75, 3.05) is 0 Å². The van der Waals surface area contributed by atoms with Crippen molar-refractivity contribution in [2.45, 2.75) is 25.3 Å². The van der Waals surface area contributed by atoms with Gasteiger partial charge in [0.25, 0.3) is 11.6 Å². The largest absolute Gasteiger partial charge is 0.481 e. The van der Waals surface area contributed by atoms with Crippen LogP contribution in [-0.4, -0.2) is 37.5 Å². The highest BCUT2D eigenvalue weighted by atomic mass is 16.6. The molecule has 2 N–H and O–H groups in total. The Morgan fingerprint density at radius 1 is 1.36 bits per heavy atom. The molecule has 0 unspecified atom stereocenters. The molecule has 1 fully saturated rings. The lowest BCUT2D eigenvalue weighted by atomic mass is 10.1. The second-order valence-electron chi connectivity index (χ2n) is 5.95. The third-order valence-corrected chi connectivity index (χ3v) is 4.33. The van der Waals surface area contributed by atoms with Crippen LogP contribution in [0.5, 0.6) is 0 Å². The van der Waals surface area contributed by atoms with Crippen LogP contribution in [0.3, 0.4) is 0 Å². The van der Waals surface area contributed by atoms with Crippen LogP contribution in [0.1, 0.15) is 29.6 Å². The van der Waals surface area contributed by atoms with Gasteiger partial charge in [-0.2, -0.15) is 0 Å². The fourth-order valence-electron chi connectivity index (χ4n) is 3.04. The van der Waals surface area contributed by atoms with E-state index in [1.807, 2.05) is 0 Å². The van der Waals surface area contributed by atoms with Gasteiger partial charge in [0, 0.05) is 30.1 Å². The molecule has 1 heterocycles. The predicted octanol–water partition coefficient (Wildman–Crippen LogP) is 1.76. The number of imidazole rings is 1. The highest BCUT2D eigenvalue weighted by molar-refractivity contribution is 5.95. The van der Waals surface area contributed by atoms with E-state index in [0.717, 1.165) is 0 Å². The number of carboxylic acid groups (broad SMARTS) is 1. The summed E-state index contributed by atoms with van der Waals surface area (Å²) < 4.78 is 1.49. The molecule has 0 radical (unpaired) electrons. The number of nitrogens with one attached hydrogen (secondary N) is 1. The van der Waals surface area contributed by atoms with E-state index in [1.54, 1.807) is 6.20 Å². The summed E-state index contributed by atoms with van der Waals surface area (Å²) in [5, 5.41) is 23.1. The van der Waals surface area contributed by atoms with Gasteiger partial charge in [-0.1, -0.05) is 0 Å². The maximum absolute atomic E-state index is 12.3. The summed E-state index contributed by atoms with van der Waals surface area (Å²) in [4.78, 5) is 38.0. The molecule has 1 saturated carbocycles. The maximum Gasteiger partial charge on any atom is 0.306 e. The minimum Gasteiger partial charge on any atom is -0.481 e. The Morgan fingerprint density at radius 3 is 2.76 bits per heavy atom. The quantitative estimate of drug-likeness (QED) is 0.628. The monoisotopic (exact) mass is 344 g/mol. The topological polar surface area (TPSA) is 127 Å². The summed E-state index contributed by atoms with van der Waals surface area (Å²) in [6.45, 7) is 0. The normalized spacial score (nSPS) is 19.5. The summed E-state index contributed by atoms with van der Waals surface area (Å²) in [6.07, 6.45) is 5.98. The average molecular weight is 344 g/mol. The molecule has 2 aromatic rings. The van der Waals surface area contributed by atoms with Crippen LogP contribution in [0.25, 0.3) is 5.69 Å². The Kier molecular flexibility index (Phi) is 4.46. The molecular formula is C16H16N4O5. The van der Waals surface area contributed by atoms with E-state index in [-0.39, 0.29) is 17.3 Å². The zero-order valence-corrected chi connectivity index (χ0v) is 13.2. The van der Waals surface area contributed by atoms with E-state index < -0.39 is 22.7 Å². The van der Waals surface area contributed by atoms with Crippen molar-refractivity contribution in [3.8, 4) is 5.69 Å². The summed E-state index contributed by atoms with van der Waals surface area (Å²) in [6, 6.07) is 3.97. The van der Waals surface area contributed by atoms with Gasteiger partial charge in [0.2, 0.25) is 0 Å². The standard InChI is InChI=1S/C16H16N4O5/c21-15(18-12-3-1-11(7-12)16(22)23)10-2-4-13(14(8-10)20(24)25)19-6-5-17-9-19/h2,4-6,8-9,11-12H,1,3,7H2,(H,18,21)(H,22,23)/t11-,12+/m0/s1. The van der Waals surface area contributed by atoms with Crippen LogP contribution >= 0.6 is 0 Å². The van der Waals surface area contributed by atoms with Gasteiger partial charge in [-0.25, -0.2) is 4.98 Å². The SMILES string of the molecule is O=C(N[C@@H]1CC[C@H](C(=O)O)C1)c1ccc(-n2ccnc2)c([N+](=O)[O-])c1. The molecular weight excluding hydrogens is 328 g/mol. The minimum atomic E-state index is -0.864. The summed E-state index contributed by atoms with van der Waals surface area (Å²) in [5.41, 5.74) is 0.265. The predicted molar refractivity (Wildman–Crippen MR) is 86.4 cm³/mol. The van der Waals surface area contributed by atoms with E-state index in [4.69, 9.17) is 5.11 Å². The highest BCUT2D eigenvalue weighted by Gasteiger charge is 2.31. The number of carboxylic acids is 1. The van der Waals surface area contributed by atoms with Gasteiger partial charge in [0.1, 0.15) is 5.69 Å². The molecule has 2 atom stereocenters. The molecule has 1 amide bonds. The fraction of sp³-hybridized carbons (Fsp3) is 0.312. The lowest BCUT2D eigenvalue weighted by Crippen LogP contribution is -2.33. The first-order chi connectivity index (χ1) is 12.0. The number of amides is 1. The van der Waals surface area contributed by atoms with Gasteiger partial charge >= 0.3 is 5.97 Å². The molecule has 9 nitrogen and oxygen atoms in total.